The van der Waals surface area contributed by atoms with Crippen LogP contribution in [0, 0.1) is 0 Å². The number of benzene rings is 2. The van der Waals surface area contributed by atoms with E-state index in [1.165, 1.54) is 22.6 Å². The van der Waals surface area contributed by atoms with Crippen molar-refractivity contribution < 1.29 is 14.3 Å². The van der Waals surface area contributed by atoms with Crippen molar-refractivity contribution in [2.75, 3.05) is 78.0 Å². The minimum Gasteiger partial charge on any atom is -0.497 e. The minimum atomic E-state index is 0.255. The van der Waals surface area contributed by atoms with Crippen molar-refractivity contribution in [3.05, 3.63) is 42.0 Å². The van der Waals surface area contributed by atoms with Crippen molar-refractivity contribution in [2.45, 2.75) is 26.2 Å². The number of likely N-dealkylation sites (N-methyl/N-ethyl adjacent to an activating group) is 1. The maximum absolute atomic E-state index is 12.1. The predicted octanol–water partition coefficient (Wildman–Crippen LogP) is 3.66. The summed E-state index contributed by atoms with van der Waals surface area (Å²) in [6.07, 6.45) is 2.67. The molecule has 0 unspecified atom stereocenters. The van der Waals surface area contributed by atoms with E-state index in [1.54, 1.807) is 7.11 Å². The quantitative estimate of drug-likeness (QED) is 0.613. The maximum Gasteiger partial charge on any atom is 0.222 e. The van der Waals surface area contributed by atoms with E-state index < -0.39 is 0 Å². The standard InChI is InChI=1S/C28H39N4O3/c1-4-27(33)31-13-11-30(12-14-31)23-7-9-24(10-8-23)32(17-15-29(2)16-18-32)26-21-25(34-3)20-22-6-5-19-35-28(22)26/h7-10,20-21H,4-6,11-19H2,1-3H3/q+1. The molecule has 3 heterocycles. The van der Waals surface area contributed by atoms with Gasteiger partial charge >= 0.3 is 0 Å². The zero-order valence-corrected chi connectivity index (χ0v) is 21.5. The van der Waals surface area contributed by atoms with Gasteiger partial charge < -0.3 is 19.3 Å². The summed E-state index contributed by atoms with van der Waals surface area (Å²) in [5, 5.41) is 0. The lowest BCUT2D eigenvalue weighted by Crippen LogP contribution is -2.57. The van der Waals surface area contributed by atoms with Gasteiger partial charge in [0.05, 0.1) is 13.7 Å². The average Bonchev–Trinajstić information content (AvgIpc) is 2.93. The Morgan fingerprint density at radius 3 is 2.40 bits per heavy atom. The average molecular weight is 480 g/mol. The van der Waals surface area contributed by atoms with Crippen LogP contribution in [0.25, 0.3) is 0 Å². The molecule has 2 saturated heterocycles. The lowest BCUT2D eigenvalue weighted by Gasteiger charge is -2.44. The number of amides is 1. The van der Waals surface area contributed by atoms with E-state index in [9.17, 15) is 4.79 Å². The van der Waals surface area contributed by atoms with Crippen LogP contribution in [0.1, 0.15) is 25.3 Å². The van der Waals surface area contributed by atoms with Crippen LogP contribution in [0.5, 0.6) is 11.5 Å². The normalized spacial score (nSPS) is 20.2. The summed E-state index contributed by atoms with van der Waals surface area (Å²) in [6.45, 7) is 10.1. The van der Waals surface area contributed by atoms with E-state index >= 15 is 0 Å². The Labute approximate surface area is 209 Å². The number of nitrogens with zero attached hydrogens (tertiary/aromatic N) is 4. The zero-order valence-electron chi connectivity index (χ0n) is 21.5. The number of carbonyl (C=O) groups is 1. The molecular formula is C28H39N4O3+. The van der Waals surface area contributed by atoms with Gasteiger partial charge in [-0.15, -0.1) is 0 Å². The first kappa shape index (κ1) is 23.9. The fourth-order valence-electron chi connectivity index (χ4n) is 5.80. The molecule has 2 fully saturated rings. The van der Waals surface area contributed by atoms with Crippen LogP contribution in [0.4, 0.5) is 17.1 Å². The Hall–Kier alpha value is -2.77. The molecule has 0 spiro atoms. The van der Waals surface area contributed by atoms with Gasteiger partial charge in [0.25, 0.3) is 0 Å². The predicted molar refractivity (Wildman–Crippen MR) is 141 cm³/mol. The molecule has 2 aromatic carbocycles. The van der Waals surface area contributed by atoms with Crippen molar-refractivity contribution in [2.24, 2.45) is 0 Å². The molecule has 1 amide bonds. The van der Waals surface area contributed by atoms with Crippen molar-refractivity contribution in [3.63, 3.8) is 0 Å². The molecule has 7 heteroatoms. The van der Waals surface area contributed by atoms with Crippen LogP contribution in [0.3, 0.4) is 0 Å². The Morgan fingerprint density at radius 2 is 1.74 bits per heavy atom. The van der Waals surface area contributed by atoms with Crippen molar-refractivity contribution >= 4 is 23.0 Å². The van der Waals surface area contributed by atoms with Crippen molar-refractivity contribution in [1.82, 2.24) is 14.3 Å². The Morgan fingerprint density at radius 1 is 1.03 bits per heavy atom. The number of hydrogen-bond acceptors (Lipinski definition) is 5. The number of aryl methyl sites for hydroxylation is 1. The molecular weight excluding hydrogens is 440 g/mol. The molecule has 0 bridgehead atoms. The number of piperazine rings is 2. The van der Waals surface area contributed by atoms with Crippen LogP contribution in [0.2, 0.25) is 0 Å². The molecule has 35 heavy (non-hydrogen) atoms. The third kappa shape index (κ3) is 4.59. The molecule has 7 nitrogen and oxygen atoms in total. The van der Waals surface area contributed by atoms with E-state index in [0.29, 0.717) is 6.42 Å². The number of carbonyl (C=O) groups excluding carboxylic acids is 1. The maximum atomic E-state index is 12.1. The molecule has 188 valence electrons. The largest absolute Gasteiger partial charge is 0.497 e. The summed E-state index contributed by atoms with van der Waals surface area (Å²) in [6, 6.07) is 13.5. The lowest BCUT2D eigenvalue weighted by atomic mass is 10.0. The van der Waals surface area contributed by atoms with Crippen LogP contribution in [-0.4, -0.2) is 88.8 Å². The van der Waals surface area contributed by atoms with Gasteiger partial charge in [-0.3, -0.25) is 14.2 Å². The number of rotatable bonds is 5. The second-order valence-electron chi connectivity index (χ2n) is 10.0. The topological polar surface area (TPSA) is 45.3 Å². The third-order valence-corrected chi connectivity index (χ3v) is 8.02. The van der Waals surface area contributed by atoms with Crippen LogP contribution >= 0.6 is 0 Å². The van der Waals surface area contributed by atoms with Crippen LogP contribution in [-0.2, 0) is 11.2 Å². The summed E-state index contributed by atoms with van der Waals surface area (Å²) in [4.78, 5) is 18.8. The van der Waals surface area contributed by atoms with Gasteiger partial charge in [0, 0.05) is 75.1 Å². The highest BCUT2D eigenvalue weighted by molar-refractivity contribution is 5.76. The van der Waals surface area contributed by atoms with E-state index in [0.717, 1.165) is 87.8 Å². The Balaban J connectivity index is 1.47. The van der Waals surface area contributed by atoms with Crippen molar-refractivity contribution in [3.8, 4) is 11.5 Å². The summed E-state index contributed by atoms with van der Waals surface area (Å²) in [7, 11) is 3.96. The molecule has 2 aromatic rings. The number of anilines is 1. The Bertz CT molecular complexity index is 1040. The summed E-state index contributed by atoms with van der Waals surface area (Å²) >= 11 is 0. The van der Waals surface area contributed by atoms with Gasteiger partial charge in [-0.1, -0.05) is 6.92 Å². The molecule has 3 aliphatic rings. The lowest BCUT2D eigenvalue weighted by molar-refractivity contribution is -0.131. The van der Waals surface area contributed by atoms with Gasteiger partial charge in [-0.05, 0) is 38.1 Å². The van der Waals surface area contributed by atoms with Crippen LogP contribution < -0.4 is 18.9 Å². The molecule has 5 rings (SSSR count). The second-order valence-corrected chi connectivity index (χ2v) is 10.0. The van der Waals surface area contributed by atoms with Gasteiger partial charge in [0.2, 0.25) is 5.91 Å². The molecule has 0 radical (unpaired) electrons. The van der Waals surface area contributed by atoms with Crippen molar-refractivity contribution in [1.29, 1.82) is 0 Å². The van der Waals surface area contributed by atoms with Gasteiger partial charge in [0.15, 0.2) is 11.4 Å². The number of ether oxygens (including phenoxy) is 2. The second kappa shape index (κ2) is 10.1. The SMILES string of the molecule is CCC(=O)N1CCN(c2ccc([N+]3(c4cc(OC)cc5c4OCCC5)CCN(C)CC3)cc2)CC1. The van der Waals surface area contributed by atoms with E-state index in [-0.39, 0.29) is 5.91 Å². The number of hydrogen-bond donors (Lipinski definition) is 0. The molecule has 0 N–H and O–H groups in total. The van der Waals surface area contributed by atoms with E-state index in [1.807, 2.05) is 11.8 Å². The highest BCUT2D eigenvalue weighted by Crippen LogP contribution is 2.47. The molecule has 0 atom stereocenters. The third-order valence-electron chi connectivity index (χ3n) is 8.02. The number of methoxy groups -OCH3 is 1. The highest BCUT2D eigenvalue weighted by Gasteiger charge is 2.41. The van der Waals surface area contributed by atoms with Gasteiger partial charge in [-0.2, -0.15) is 0 Å². The van der Waals surface area contributed by atoms with E-state index in [4.69, 9.17) is 9.47 Å². The Kier molecular flexibility index (Phi) is 6.89. The molecule has 3 aliphatic heterocycles. The van der Waals surface area contributed by atoms with Gasteiger partial charge in [0.1, 0.15) is 24.5 Å². The zero-order chi connectivity index (χ0) is 24.4. The van der Waals surface area contributed by atoms with E-state index in [2.05, 4.69) is 53.2 Å². The summed E-state index contributed by atoms with van der Waals surface area (Å²) < 4.78 is 12.8. The first-order chi connectivity index (χ1) is 17.0. The molecule has 0 aliphatic carbocycles. The van der Waals surface area contributed by atoms with Crippen LogP contribution in [0.15, 0.2) is 36.4 Å². The smallest absolute Gasteiger partial charge is 0.222 e. The summed E-state index contributed by atoms with van der Waals surface area (Å²) in [5.41, 5.74) is 5.02. The summed E-state index contributed by atoms with van der Waals surface area (Å²) in [5.74, 6) is 2.23. The fourth-order valence-corrected chi connectivity index (χ4v) is 5.80. The molecule has 0 saturated carbocycles. The molecule has 0 aromatic heterocycles. The first-order valence-electron chi connectivity index (χ1n) is 13.1. The fraction of sp³-hybridized carbons (Fsp3) is 0.536. The number of quaternary nitrogens is 1. The monoisotopic (exact) mass is 479 g/mol. The highest BCUT2D eigenvalue weighted by atomic mass is 16.5. The number of fused-ring (bicyclic) bond motifs is 1. The first-order valence-corrected chi connectivity index (χ1v) is 13.1. The minimum absolute atomic E-state index is 0.255. The van der Waals surface area contributed by atoms with Gasteiger partial charge in [-0.25, -0.2) is 0 Å².